The summed E-state index contributed by atoms with van der Waals surface area (Å²) in [6.07, 6.45) is 4.09. The number of thiazole rings is 1. The van der Waals surface area contributed by atoms with E-state index in [0.29, 0.717) is 24.7 Å². The van der Waals surface area contributed by atoms with Crippen molar-refractivity contribution >= 4 is 28.8 Å². The molecule has 41 heavy (non-hydrogen) atoms. The van der Waals surface area contributed by atoms with Crippen LogP contribution in [0, 0.1) is 12.7 Å². The Hall–Kier alpha value is -3.10. The number of amides is 2. The van der Waals surface area contributed by atoms with E-state index in [4.69, 9.17) is 9.72 Å². The van der Waals surface area contributed by atoms with Gasteiger partial charge in [0.15, 0.2) is 0 Å². The molecule has 1 saturated heterocycles. The van der Waals surface area contributed by atoms with E-state index in [1.165, 1.54) is 41.7 Å². The SMILES string of the molecule is Cc1ccc(F)cc1NC(=O)COCC(=O)N1CCC(c2nc(-c3ccc4c(c3)C(C)(C)CCC4(C)C)cs2)CC1. The number of aryl methyl sites for hydroxylation is 1. The topological polar surface area (TPSA) is 71.5 Å². The molecule has 0 spiro atoms. The van der Waals surface area contributed by atoms with Crippen molar-refractivity contribution in [2.45, 2.75) is 77.0 Å². The van der Waals surface area contributed by atoms with Gasteiger partial charge in [-0.2, -0.15) is 0 Å². The summed E-state index contributed by atoms with van der Waals surface area (Å²) >= 11 is 1.71. The minimum atomic E-state index is -0.425. The zero-order chi connectivity index (χ0) is 29.4. The van der Waals surface area contributed by atoms with Crippen LogP contribution in [0.5, 0.6) is 0 Å². The summed E-state index contributed by atoms with van der Waals surface area (Å²) < 4.78 is 18.8. The molecule has 2 amide bonds. The van der Waals surface area contributed by atoms with Crippen LogP contribution in [-0.2, 0) is 25.2 Å². The van der Waals surface area contributed by atoms with Crippen LogP contribution in [0.25, 0.3) is 11.3 Å². The van der Waals surface area contributed by atoms with E-state index in [-0.39, 0.29) is 30.0 Å². The molecule has 2 aliphatic rings. The molecule has 5 rings (SSSR count). The molecule has 218 valence electrons. The number of aromatic nitrogens is 1. The standard InChI is InChI=1S/C33H40FN3O3S/c1-21-6-8-24(34)17-27(21)35-29(38)18-40-19-30(39)37-14-10-22(11-15-37)31-36-28(20-41-31)23-7-9-25-26(16-23)33(4,5)13-12-32(25,2)3/h6-9,16-17,20,22H,10-15,18-19H2,1-5H3,(H,35,38). The predicted octanol–water partition coefficient (Wildman–Crippen LogP) is 6.97. The Bertz CT molecular complexity index is 1440. The summed E-state index contributed by atoms with van der Waals surface area (Å²) in [6.45, 7) is 12.0. The largest absolute Gasteiger partial charge is 0.362 e. The third-order valence-electron chi connectivity index (χ3n) is 8.80. The first-order valence-corrected chi connectivity index (χ1v) is 15.3. The zero-order valence-electron chi connectivity index (χ0n) is 24.7. The van der Waals surface area contributed by atoms with Gasteiger partial charge in [-0.05, 0) is 78.3 Å². The Labute approximate surface area is 246 Å². The van der Waals surface area contributed by atoms with Crippen molar-refractivity contribution < 1.29 is 18.7 Å². The summed E-state index contributed by atoms with van der Waals surface area (Å²) in [5.41, 5.74) is 6.61. The number of hydrogen-bond donors (Lipinski definition) is 1. The molecule has 0 bridgehead atoms. The first kappa shape index (κ1) is 29.4. The number of ether oxygens (including phenoxy) is 1. The number of rotatable bonds is 7. The molecule has 2 heterocycles. The van der Waals surface area contributed by atoms with Crippen molar-refractivity contribution in [2.75, 3.05) is 31.6 Å². The van der Waals surface area contributed by atoms with Gasteiger partial charge in [0.05, 0.1) is 10.7 Å². The van der Waals surface area contributed by atoms with Crippen molar-refractivity contribution in [1.29, 1.82) is 0 Å². The molecule has 0 saturated carbocycles. The number of nitrogens with one attached hydrogen (secondary N) is 1. The highest BCUT2D eigenvalue weighted by Gasteiger charge is 2.37. The van der Waals surface area contributed by atoms with Gasteiger partial charge in [-0.1, -0.05) is 45.9 Å². The highest BCUT2D eigenvalue weighted by atomic mass is 32.1. The number of fused-ring (bicyclic) bond motifs is 1. The van der Waals surface area contributed by atoms with E-state index in [1.807, 2.05) is 0 Å². The number of hydrogen-bond acceptors (Lipinski definition) is 5. The van der Waals surface area contributed by atoms with Gasteiger partial charge in [0.2, 0.25) is 11.8 Å². The molecule has 3 aromatic rings. The second-order valence-corrected chi connectivity index (χ2v) is 13.6. The first-order valence-electron chi connectivity index (χ1n) is 14.5. The van der Waals surface area contributed by atoms with Crippen LogP contribution in [0.4, 0.5) is 10.1 Å². The van der Waals surface area contributed by atoms with Gasteiger partial charge in [0, 0.05) is 35.6 Å². The number of nitrogens with zero attached hydrogens (tertiary/aromatic N) is 2. The zero-order valence-corrected chi connectivity index (χ0v) is 25.5. The van der Waals surface area contributed by atoms with Crippen molar-refractivity contribution in [3.63, 3.8) is 0 Å². The molecule has 8 heteroatoms. The summed E-state index contributed by atoms with van der Waals surface area (Å²) in [5, 5.41) is 5.93. The van der Waals surface area contributed by atoms with Crippen LogP contribution >= 0.6 is 11.3 Å². The average Bonchev–Trinajstić information content (AvgIpc) is 3.44. The summed E-state index contributed by atoms with van der Waals surface area (Å²) in [5.74, 6) is -0.647. The smallest absolute Gasteiger partial charge is 0.250 e. The van der Waals surface area contributed by atoms with E-state index in [9.17, 15) is 14.0 Å². The monoisotopic (exact) mass is 577 g/mol. The fourth-order valence-electron chi connectivity index (χ4n) is 5.97. The molecule has 0 atom stereocenters. The lowest BCUT2D eigenvalue weighted by molar-refractivity contribution is -0.138. The Morgan fingerprint density at radius 2 is 1.73 bits per heavy atom. The molecule has 2 aromatic carbocycles. The van der Waals surface area contributed by atoms with Crippen LogP contribution in [0.1, 0.15) is 81.0 Å². The number of halogens is 1. The van der Waals surface area contributed by atoms with E-state index in [0.717, 1.165) is 29.1 Å². The van der Waals surface area contributed by atoms with Crippen LogP contribution in [-0.4, -0.2) is 48.0 Å². The normalized spacial score (nSPS) is 18.1. The highest BCUT2D eigenvalue weighted by Crippen LogP contribution is 2.47. The Morgan fingerprint density at radius 3 is 2.46 bits per heavy atom. The van der Waals surface area contributed by atoms with Gasteiger partial charge < -0.3 is 15.0 Å². The summed E-state index contributed by atoms with van der Waals surface area (Å²) in [4.78, 5) is 31.7. The number of likely N-dealkylation sites (tertiary alicyclic amines) is 1. The third-order valence-corrected chi connectivity index (χ3v) is 9.81. The van der Waals surface area contributed by atoms with E-state index in [1.54, 1.807) is 29.2 Å². The maximum absolute atomic E-state index is 13.4. The maximum atomic E-state index is 13.4. The Balaban J connectivity index is 1.12. The van der Waals surface area contributed by atoms with Crippen LogP contribution in [0.15, 0.2) is 41.8 Å². The van der Waals surface area contributed by atoms with Crippen LogP contribution in [0.3, 0.4) is 0 Å². The number of anilines is 1. The highest BCUT2D eigenvalue weighted by molar-refractivity contribution is 7.10. The number of benzene rings is 2. The summed E-state index contributed by atoms with van der Waals surface area (Å²) in [7, 11) is 0. The molecule has 0 radical (unpaired) electrons. The van der Waals surface area contributed by atoms with E-state index in [2.05, 4.69) is 56.6 Å². The Morgan fingerprint density at radius 1 is 1.02 bits per heavy atom. The second kappa shape index (κ2) is 11.6. The molecular weight excluding hydrogens is 537 g/mol. The maximum Gasteiger partial charge on any atom is 0.250 e. The van der Waals surface area contributed by atoms with Crippen molar-refractivity contribution in [2.24, 2.45) is 0 Å². The second-order valence-electron chi connectivity index (χ2n) is 12.8. The first-order chi connectivity index (χ1) is 19.4. The van der Waals surface area contributed by atoms with Gasteiger partial charge in [-0.15, -0.1) is 11.3 Å². The van der Waals surface area contributed by atoms with E-state index < -0.39 is 11.7 Å². The van der Waals surface area contributed by atoms with E-state index >= 15 is 0 Å². The molecule has 0 unspecified atom stereocenters. The van der Waals surface area contributed by atoms with Crippen LogP contribution in [0.2, 0.25) is 0 Å². The fourth-order valence-corrected chi connectivity index (χ4v) is 6.97. The third kappa shape index (κ3) is 6.54. The fraction of sp³-hybridized carbons (Fsp3) is 0.485. The minimum Gasteiger partial charge on any atom is -0.362 e. The quantitative estimate of drug-likeness (QED) is 0.329. The van der Waals surface area contributed by atoms with Gasteiger partial charge >= 0.3 is 0 Å². The van der Waals surface area contributed by atoms with Gasteiger partial charge in [0.25, 0.3) is 0 Å². The molecule has 1 fully saturated rings. The average molecular weight is 578 g/mol. The molecule has 6 nitrogen and oxygen atoms in total. The van der Waals surface area contributed by atoms with Gasteiger partial charge in [0.1, 0.15) is 19.0 Å². The summed E-state index contributed by atoms with van der Waals surface area (Å²) in [6, 6.07) is 11.1. The minimum absolute atomic E-state index is 0.127. The lowest BCUT2D eigenvalue weighted by atomic mass is 9.63. The van der Waals surface area contributed by atoms with Crippen molar-refractivity contribution in [3.8, 4) is 11.3 Å². The lowest BCUT2D eigenvalue weighted by Crippen LogP contribution is -2.40. The predicted molar refractivity (Wildman–Crippen MR) is 162 cm³/mol. The molecule has 1 N–H and O–H groups in total. The molecule has 1 aromatic heterocycles. The van der Waals surface area contributed by atoms with Gasteiger partial charge in [-0.3, -0.25) is 9.59 Å². The van der Waals surface area contributed by atoms with Crippen LogP contribution < -0.4 is 5.32 Å². The number of carbonyl (C=O) groups is 2. The van der Waals surface area contributed by atoms with Crippen molar-refractivity contribution in [3.05, 3.63) is 69.3 Å². The molecular formula is C33H40FN3O3S. The molecule has 1 aliphatic carbocycles. The molecule has 1 aliphatic heterocycles. The number of piperidine rings is 1. The van der Waals surface area contributed by atoms with Crippen molar-refractivity contribution in [1.82, 2.24) is 9.88 Å². The lowest BCUT2D eigenvalue weighted by Gasteiger charge is -2.42. The Kier molecular flexibility index (Phi) is 8.35. The number of carbonyl (C=O) groups excluding carboxylic acids is 2. The van der Waals surface area contributed by atoms with Gasteiger partial charge in [-0.25, -0.2) is 9.37 Å².